The summed E-state index contributed by atoms with van der Waals surface area (Å²) in [6, 6.07) is -3.57. The van der Waals surface area contributed by atoms with Gasteiger partial charge >= 0.3 is 0 Å². The van der Waals surface area contributed by atoms with Gasteiger partial charge in [-0.3, -0.25) is 0 Å². The number of hydrogen-bond donors (Lipinski definition) is 12. The van der Waals surface area contributed by atoms with E-state index in [0.717, 1.165) is 0 Å². The van der Waals surface area contributed by atoms with Gasteiger partial charge in [-0.1, -0.05) is 0 Å². The van der Waals surface area contributed by atoms with Crippen LogP contribution in [0.5, 0.6) is 0 Å². The Morgan fingerprint density at radius 2 is 1.14 bits per heavy atom. The van der Waals surface area contributed by atoms with Crippen LogP contribution < -0.4 is 16.8 Å². The zero-order chi connectivity index (χ0) is 26.2. The molecule has 16 nitrogen and oxygen atoms in total. The van der Waals surface area contributed by atoms with Gasteiger partial charge in [-0.15, -0.1) is 0 Å². The van der Waals surface area contributed by atoms with Crippen LogP contribution in [0.1, 0.15) is 0 Å². The summed E-state index contributed by atoms with van der Waals surface area (Å²) in [6.45, 7) is -1.35. The van der Waals surface area contributed by atoms with Crippen LogP contribution in [-0.2, 0) is 18.9 Å². The molecule has 16 atom stereocenters. The summed E-state index contributed by atoms with van der Waals surface area (Å²) in [7, 11) is 1.44. The molecule has 35 heavy (non-hydrogen) atoms. The Bertz CT molecular complexity index is 678. The smallest absolute Gasteiger partial charge is 0.187 e. The number of aliphatic hydroxyl groups excluding tert-OH is 9. The molecule has 0 aromatic heterocycles. The second-order valence-electron chi connectivity index (χ2n) is 9.06. The van der Waals surface area contributed by atoms with Gasteiger partial charge in [0, 0.05) is 0 Å². The standard InChI is InChI=1S/C19H37N3O13/c1-22-8-11(27)7(21)16(34-18-12(28)6(20)9(25)4(2-23)32-18)15(31)17(8)35-19-14(30)13(29)10(26)5(3-24)33-19/h4-19,22-31H,2-3,20-21H2,1H3/t4-,5-,6+,7-,8+,9-,10-,11-,12-,13+,14-,15-,16+,17-,18-,19-/m1/s1. The first-order chi connectivity index (χ1) is 16.5. The molecule has 0 unspecified atom stereocenters. The van der Waals surface area contributed by atoms with E-state index < -0.39 is 111 Å². The van der Waals surface area contributed by atoms with Crippen molar-refractivity contribution in [2.24, 2.45) is 11.5 Å². The molecule has 3 fully saturated rings. The van der Waals surface area contributed by atoms with E-state index in [1.165, 1.54) is 7.05 Å². The zero-order valence-corrected chi connectivity index (χ0v) is 19.0. The number of hydrogen-bond acceptors (Lipinski definition) is 16. The Morgan fingerprint density at radius 1 is 0.629 bits per heavy atom. The SMILES string of the molecule is CN[C@H]1[C@H](O)[C@@H](N)[C@H](O[C@H]2O[C@H](CO)[C@@H](O)[C@H](N)[C@H]2O)[C@@H](O)[C@@H]1O[C@H]1O[C@H](CO)[C@@H](O)[C@H](O)[C@H]1O. The second kappa shape index (κ2) is 11.8. The molecule has 0 amide bonds. The van der Waals surface area contributed by atoms with Crippen molar-refractivity contribution in [3.63, 3.8) is 0 Å². The summed E-state index contributed by atoms with van der Waals surface area (Å²) >= 11 is 0. The molecule has 0 bridgehead atoms. The van der Waals surface area contributed by atoms with Crippen molar-refractivity contribution in [1.29, 1.82) is 0 Å². The van der Waals surface area contributed by atoms with Crippen molar-refractivity contribution in [3.8, 4) is 0 Å². The fourth-order valence-corrected chi connectivity index (χ4v) is 4.64. The normalized spacial score (nSPS) is 53.5. The van der Waals surface area contributed by atoms with E-state index in [9.17, 15) is 46.0 Å². The minimum Gasteiger partial charge on any atom is -0.394 e. The molecule has 2 saturated heterocycles. The van der Waals surface area contributed by atoms with Crippen LogP contribution in [0.4, 0.5) is 0 Å². The molecule has 2 aliphatic heterocycles. The quantitative estimate of drug-likeness (QED) is 0.150. The third-order valence-electron chi connectivity index (χ3n) is 6.87. The van der Waals surface area contributed by atoms with Gasteiger partial charge in [0.2, 0.25) is 0 Å². The monoisotopic (exact) mass is 515 g/mol. The van der Waals surface area contributed by atoms with Gasteiger partial charge < -0.3 is 81.7 Å². The topological polar surface area (TPSA) is 283 Å². The van der Waals surface area contributed by atoms with Gasteiger partial charge in [-0.25, -0.2) is 0 Å². The van der Waals surface area contributed by atoms with E-state index in [0.29, 0.717) is 0 Å². The minimum absolute atomic E-state index is 0.645. The largest absolute Gasteiger partial charge is 0.394 e. The van der Waals surface area contributed by atoms with Gasteiger partial charge in [0.05, 0.1) is 37.4 Å². The molecule has 3 aliphatic rings. The lowest BCUT2D eigenvalue weighted by Crippen LogP contribution is -2.73. The van der Waals surface area contributed by atoms with Gasteiger partial charge in [-0.2, -0.15) is 0 Å². The average molecular weight is 516 g/mol. The van der Waals surface area contributed by atoms with E-state index in [2.05, 4.69) is 5.32 Å². The number of nitrogens with one attached hydrogen (secondary N) is 1. The summed E-state index contributed by atoms with van der Waals surface area (Å²) in [5.74, 6) is 0. The summed E-state index contributed by atoms with van der Waals surface area (Å²) < 4.78 is 22.0. The maximum Gasteiger partial charge on any atom is 0.187 e. The van der Waals surface area contributed by atoms with Crippen molar-refractivity contribution in [2.75, 3.05) is 20.3 Å². The molecule has 0 aromatic rings. The third kappa shape index (κ3) is 5.48. The molecule has 0 aromatic carbocycles. The minimum atomic E-state index is -1.78. The lowest BCUT2D eigenvalue weighted by Gasteiger charge is -2.50. The van der Waals surface area contributed by atoms with Crippen molar-refractivity contribution >= 4 is 0 Å². The predicted molar refractivity (Wildman–Crippen MR) is 112 cm³/mol. The fourth-order valence-electron chi connectivity index (χ4n) is 4.64. The van der Waals surface area contributed by atoms with Crippen molar-refractivity contribution in [1.82, 2.24) is 5.32 Å². The molecule has 2 heterocycles. The van der Waals surface area contributed by atoms with Gasteiger partial charge in [0.25, 0.3) is 0 Å². The first-order valence-electron chi connectivity index (χ1n) is 11.3. The number of nitrogens with two attached hydrogens (primary N) is 2. The third-order valence-corrected chi connectivity index (χ3v) is 6.87. The van der Waals surface area contributed by atoms with Crippen LogP contribution >= 0.6 is 0 Å². The van der Waals surface area contributed by atoms with Crippen LogP contribution in [0.3, 0.4) is 0 Å². The van der Waals surface area contributed by atoms with Gasteiger partial charge in [0.15, 0.2) is 12.6 Å². The van der Waals surface area contributed by atoms with E-state index in [1.807, 2.05) is 0 Å². The highest BCUT2D eigenvalue weighted by molar-refractivity contribution is 5.06. The van der Waals surface area contributed by atoms with E-state index in [4.69, 9.17) is 30.4 Å². The maximum atomic E-state index is 11.1. The first-order valence-corrected chi connectivity index (χ1v) is 11.3. The highest BCUT2D eigenvalue weighted by atomic mass is 16.7. The molecule has 3 rings (SSSR count). The lowest BCUT2D eigenvalue weighted by atomic mass is 9.81. The average Bonchev–Trinajstić information content (AvgIpc) is 2.85. The second-order valence-corrected chi connectivity index (χ2v) is 9.06. The van der Waals surface area contributed by atoms with E-state index in [1.54, 1.807) is 0 Å². The Balaban J connectivity index is 1.81. The molecule has 16 heteroatoms. The Morgan fingerprint density at radius 3 is 1.69 bits per heavy atom. The molecular weight excluding hydrogens is 478 g/mol. The van der Waals surface area contributed by atoms with Crippen LogP contribution in [0, 0.1) is 0 Å². The number of rotatable bonds is 7. The summed E-state index contributed by atoms with van der Waals surface area (Å²) in [4.78, 5) is 0. The fraction of sp³-hybridized carbons (Fsp3) is 1.00. The van der Waals surface area contributed by atoms with Crippen molar-refractivity contribution in [2.45, 2.75) is 97.8 Å². The Kier molecular flexibility index (Phi) is 9.77. The zero-order valence-electron chi connectivity index (χ0n) is 19.0. The van der Waals surface area contributed by atoms with Crippen LogP contribution in [0.25, 0.3) is 0 Å². The molecular formula is C19H37N3O13. The van der Waals surface area contributed by atoms with Crippen molar-refractivity contribution in [3.05, 3.63) is 0 Å². The van der Waals surface area contributed by atoms with E-state index in [-0.39, 0.29) is 0 Å². The predicted octanol–water partition coefficient (Wildman–Crippen LogP) is -8.03. The highest BCUT2D eigenvalue weighted by Gasteiger charge is 2.54. The van der Waals surface area contributed by atoms with Crippen LogP contribution in [0.15, 0.2) is 0 Å². The number of aliphatic hydroxyl groups is 9. The maximum absolute atomic E-state index is 11.1. The molecule has 0 radical (unpaired) electrons. The summed E-state index contributed by atoms with van der Waals surface area (Å²) in [5, 5.41) is 94.1. The molecule has 206 valence electrons. The Hall–Kier alpha value is -0.640. The molecule has 14 N–H and O–H groups in total. The van der Waals surface area contributed by atoms with Crippen LogP contribution in [-0.4, -0.2) is 164 Å². The molecule has 0 spiro atoms. The van der Waals surface area contributed by atoms with E-state index >= 15 is 0 Å². The van der Waals surface area contributed by atoms with Crippen LogP contribution in [0.2, 0.25) is 0 Å². The first kappa shape index (κ1) is 28.9. The highest BCUT2D eigenvalue weighted by Crippen LogP contribution is 2.32. The van der Waals surface area contributed by atoms with Gasteiger partial charge in [0.1, 0.15) is 61.0 Å². The van der Waals surface area contributed by atoms with Crippen molar-refractivity contribution < 1.29 is 64.9 Å². The lowest BCUT2D eigenvalue weighted by molar-refractivity contribution is -0.340. The number of ether oxygens (including phenoxy) is 4. The van der Waals surface area contributed by atoms with Gasteiger partial charge in [-0.05, 0) is 7.05 Å². The summed E-state index contributed by atoms with van der Waals surface area (Å²) in [5.41, 5.74) is 11.9. The molecule has 1 aliphatic carbocycles. The summed E-state index contributed by atoms with van der Waals surface area (Å²) in [6.07, 6.45) is -19.7. The Labute approximate surface area is 200 Å². The number of likely N-dealkylation sites (N-methyl/N-ethyl adjacent to an activating group) is 1. The molecule has 1 saturated carbocycles.